The Bertz CT molecular complexity index is 463. The van der Waals surface area contributed by atoms with Crippen LogP contribution in [0.4, 0.5) is 0 Å². The Morgan fingerprint density at radius 3 is 3.10 bits per heavy atom. The maximum absolute atomic E-state index is 12.0. The lowest BCUT2D eigenvalue weighted by Crippen LogP contribution is -2.55. The molecule has 0 amide bonds. The van der Waals surface area contributed by atoms with E-state index >= 15 is 0 Å². The molecule has 110 valence electrons. The summed E-state index contributed by atoms with van der Waals surface area (Å²) < 4.78 is 5.11. The summed E-state index contributed by atoms with van der Waals surface area (Å²) in [4.78, 5) is 22.6. The second kappa shape index (κ2) is 6.97. The summed E-state index contributed by atoms with van der Waals surface area (Å²) in [6.07, 6.45) is 0. The van der Waals surface area contributed by atoms with Crippen LogP contribution < -0.4 is 5.32 Å². The molecule has 1 fully saturated rings. The van der Waals surface area contributed by atoms with Crippen molar-refractivity contribution in [1.82, 2.24) is 20.2 Å². The van der Waals surface area contributed by atoms with Crippen molar-refractivity contribution in [2.75, 3.05) is 26.2 Å². The summed E-state index contributed by atoms with van der Waals surface area (Å²) in [7, 11) is 0. The van der Waals surface area contributed by atoms with Crippen molar-refractivity contribution in [3.63, 3.8) is 0 Å². The van der Waals surface area contributed by atoms with Gasteiger partial charge in [0.25, 0.3) is 0 Å². The molecule has 0 spiro atoms. The molecular formula is C13H19ClN4O2. The third-order valence-electron chi connectivity index (χ3n) is 3.13. The molecule has 1 aliphatic heterocycles. The fourth-order valence-electron chi connectivity index (χ4n) is 2.25. The summed E-state index contributed by atoms with van der Waals surface area (Å²) in [6.45, 7) is 6.72. The Hall–Kier alpha value is -1.24. The largest absolute Gasteiger partial charge is 0.465 e. The third-order valence-corrected chi connectivity index (χ3v) is 3.32. The number of rotatable bonds is 4. The molecule has 0 aromatic carbocycles. The van der Waals surface area contributed by atoms with Crippen molar-refractivity contribution in [2.45, 2.75) is 26.4 Å². The minimum Gasteiger partial charge on any atom is -0.465 e. The predicted octanol–water partition coefficient (Wildman–Crippen LogP) is 0.775. The molecule has 1 N–H and O–H groups in total. The quantitative estimate of drug-likeness (QED) is 0.654. The Labute approximate surface area is 123 Å². The fourth-order valence-corrected chi connectivity index (χ4v) is 2.50. The van der Waals surface area contributed by atoms with Crippen LogP contribution in [0.5, 0.6) is 0 Å². The molecule has 0 aliphatic carbocycles. The minimum absolute atomic E-state index is 0.210. The molecule has 0 saturated carbocycles. The van der Waals surface area contributed by atoms with Crippen LogP contribution in [0.15, 0.2) is 6.07 Å². The molecule has 2 rings (SSSR count). The molecule has 0 radical (unpaired) electrons. The number of carbonyl (C=O) groups is 1. The first-order chi connectivity index (χ1) is 9.60. The van der Waals surface area contributed by atoms with Gasteiger partial charge in [-0.25, -0.2) is 9.97 Å². The van der Waals surface area contributed by atoms with E-state index in [1.54, 1.807) is 6.07 Å². The van der Waals surface area contributed by atoms with Crippen LogP contribution in [-0.2, 0) is 16.1 Å². The predicted molar refractivity (Wildman–Crippen MR) is 75.5 cm³/mol. The molecule has 1 aliphatic rings. The van der Waals surface area contributed by atoms with Gasteiger partial charge in [0.15, 0.2) is 0 Å². The number of hydrogen-bond donors (Lipinski definition) is 1. The van der Waals surface area contributed by atoms with E-state index in [9.17, 15) is 4.79 Å². The number of piperazine rings is 1. The number of halogens is 1. The minimum atomic E-state index is -0.299. The summed E-state index contributed by atoms with van der Waals surface area (Å²) in [5.74, 6) is 0.421. The highest BCUT2D eigenvalue weighted by molar-refractivity contribution is 6.29. The summed E-state index contributed by atoms with van der Waals surface area (Å²) >= 11 is 5.94. The lowest BCUT2D eigenvalue weighted by molar-refractivity contribution is -0.150. The van der Waals surface area contributed by atoms with E-state index in [2.05, 4.69) is 15.3 Å². The van der Waals surface area contributed by atoms with Crippen molar-refractivity contribution >= 4 is 17.6 Å². The SMILES string of the molecule is CCOC(=O)C1CNCCN1Cc1nc(C)cc(Cl)n1. The number of ether oxygens (including phenoxy) is 1. The van der Waals surface area contributed by atoms with E-state index in [0.717, 1.165) is 18.8 Å². The lowest BCUT2D eigenvalue weighted by atomic mass is 10.2. The molecule has 2 heterocycles. The highest BCUT2D eigenvalue weighted by Gasteiger charge is 2.30. The van der Waals surface area contributed by atoms with E-state index in [1.165, 1.54) is 0 Å². The summed E-state index contributed by atoms with van der Waals surface area (Å²) in [5, 5.41) is 3.63. The highest BCUT2D eigenvalue weighted by atomic mass is 35.5. The van der Waals surface area contributed by atoms with Gasteiger partial charge in [0.1, 0.15) is 17.0 Å². The smallest absolute Gasteiger partial charge is 0.324 e. The third kappa shape index (κ3) is 3.88. The molecular weight excluding hydrogens is 280 g/mol. The lowest BCUT2D eigenvalue weighted by Gasteiger charge is -2.33. The van der Waals surface area contributed by atoms with Crippen LogP contribution in [0.3, 0.4) is 0 Å². The molecule has 1 aromatic rings. The summed E-state index contributed by atoms with van der Waals surface area (Å²) in [5.41, 5.74) is 0.822. The van der Waals surface area contributed by atoms with Crippen molar-refractivity contribution in [1.29, 1.82) is 0 Å². The van der Waals surface area contributed by atoms with E-state index in [1.807, 2.05) is 18.7 Å². The van der Waals surface area contributed by atoms with Crippen LogP contribution in [0, 0.1) is 6.92 Å². The van der Waals surface area contributed by atoms with Crippen LogP contribution in [-0.4, -0.2) is 53.1 Å². The van der Waals surface area contributed by atoms with Crippen molar-refractivity contribution < 1.29 is 9.53 Å². The Morgan fingerprint density at radius 2 is 2.40 bits per heavy atom. The number of aromatic nitrogens is 2. The first kappa shape index (κ1) is 15.2. The molecule has 0 bridgehead atoms. The molecule has 1 saturated heterocycles. The van der Waals surface area contributed by atoms with Crippen molar-refractivity contribution in [2.24, 2.45) is 0 Å². The normalized spacial score (nSPS) is 19.9. The maximum Gasteiger partial charge on any atom is 0.324 e. The Kier molecular flexibility index (Phi) is 5.28. The van der Waals surface area contributed by atoms with Gasteiger partial charge >= 0.3 is 5.97 Å². The molecule has 1 aromatic heterocycles. The van der Waals surface area contributed by atoms with Gasteiger partial charge < -0.3 is 10.1 Å². The fraction of sp³-hybridized carbons (Fsp3) is 0.615. The second-order valence-corrected chi connectivity index (χ2v) is 5.08. The number of carbonyl (C=O) groups excluding carboxylic acids is 1. The number of hydrogen-bond acceptors (Lipinski definition) is 6. The van der Waals surface area contributed by atoms with Crippen LogP contribution in [0.2, 0.25) is 5.15 Å². The first-order valence-corrected chi connectivity index (χ1v) is 7.09. The van der Waals surface area contributed by atoms with Crippen LogP contribution in [0.25, 0.3) is 0 Å². The van der Waals surface area contributed by atoms with Gasteiger partial charge in [0.05, 0.1) is 13.2 Å². The zero-order valence-corrected chi connectivity index (χ0v) is 12.5. The van der Waals surface area contributed by atoms with Gasteiger partial charge in [-0.2, -0.15) is 0 Å². The van der Waals surface area contributed by atoms with Gasteiger partial charge in [0.2, 0.25) is 0 Å². The van der Waals surface area contributed by atoms with Crippen molar-refractivity contribution in [3.8, 4) is 0 Å². The molecule has 20 heavy (non-hydrogen) atoms. The zero-order chi connectivity index (χ0) is 14.5. The van der Waals surface area contributed by atoms with Gasteiger partial charge in [-0.3, -0.25) is 9.69 Å². The highest BCUT2D eigenvalue weighted by Crippen LogP contribution is 2.12. The molecule has 7 heteroatoms. The van der Waals surface area contributed by atoms with Crippen LogP contribution >= 0.6 is 11.6 Å². The number of nitrogens with one attached hydrogen (secondary N) is 1. The van der Waals surface area contributed by atoms with E-state index < -0.39 is 0 Å². The van der Waals surface area contributed by atoms with E-state index in [-0.39, 0.29) is 12.0 Å². The Morgan fingerprint density at radius 1 is 1.60 bits per heavy atom. The van der Waals surface area contributed by atoms with Crippen LogP contribution in [0.1, 0.15) is 18.4 Å². The average molecular weight is 299 g/mol. The van der Waals surface area contributed by atoms with E-state index in [4.69, 9.17) is 16.3 Å². The average Bonchev–Trinajstić information content (AvgIpc) is 2.38. The standard InChI is InChI=1S/C13H19ClN4O2/c1-3-20-13(19)10-7-15-4-5-18(10)8-12-16-9(2)6-11(14)17-12/h6,10,15H,3-5,7-8H2,1-2H3. The zero-order valence-electron chi connectivity index (χ0n) is 11.7. The van der Waals surface area contributed by atoms with Gasteiger partial charge in [-0.1, -0.05) is 11.6 Å². The topological polar surface area (TPSA) is 67.3 Å². The second-order valence-electron chi connectivity index (χ2n) is 4.69. The Balaban J connectivity index is 2.10. The monoisotopic (exact) mass is 298 g/mol. The maximum atomic E-state index is 12.0. The van der Waals surface area contributed by atoms with Gasteiger partial charge in [-0.15, -0.1) is 0 Å². The van der Waals surface area contributed by atoms with Crippen molar-refractivity contribution in [3.05, 3.63) is 22.7 Å². The molecule has 1 atom stereocenters. The number of aryl methyl sites for hydroxylation is 1. The molecule has 6 nitrogen and oxygen atoms in total. The summed E-state index contributed by atoms with van der Waals surface area (Å²) in [6, 6.07) is 1.41. The molecule has 1 unspecified atom stereocenters. The van der Waals surface area contributed by atoms with Gasteiger partial charge in [0, 0.05) is 25.3 Å². The first-order valence-electron chi connectivity index (χ1n) is 6.71. The van der Waals surface area contributed by atoms with Gasteiger partial charge in [-0.05, 0) is 19.9 Å². The number of nitrogens with zero attached hydrogens (tertiary/aromatic N) is 3. The van der Waals surface area contributed by atoms with E-state index in [0.29, 0.717) is 30.7 Å². The number of esters is 1.